The van der Waals surface area contributed by atoms with E-state index in [1.165, 1.54) is 6.42 Å². The van der Waals surface area contributed by atoms with Crippen LogP contribution in [0.3, 0.4) is 0 Å². The minimum absolute atomic E-state index is 0.0362. The predicted molar refractivity (Wildman–Crippen MR) is 87.4 cm³/mol. The van der Waals surface area contributed by atoms with Crippen molar-refractivity contribution in [1.82, 2.24) is 10.6 Å². The molecule has 2 rings (SSSR count). The Balaban J connectivity index is 1.76. The normalized spacial score (nSPS) is 22.1. The van der Waals surface area contributed by atoms with Crippen molar-refractivity contribution in [2.24, 2.45) is 0 Å². The van der Waals surface area contributed by atoms with Gasteiger partial charge in [-0.3, -0.25) is 4.79 Å². The molecule has 0 unspecified atom stereocenters. The number of rotatable bonds is 4. The van der Waals surface area contributed by atoms with Gasteiger partial charge in [0.25, 0.3) is 0 Å². The molecule has 1 aliphatic rings. The zero-order valence-electron chi connectivity index (χ0n) is 11.3. The Hall–Kier alpha value is -1.11. The van der Waals surface area contributed by atoms with E-state index < -0.39 is 0 Å². The molecule has 1 fully saturated rings. The largest absolute Gasteiger partial charge is 0.334 e. The molecule has 0 spiro atoms. The molecule has 0 aliphatic heterocycles. The maximum atomic E-state index is 11.9. The molecule has 2 amide bonds. The topological polar surface area (TPSA) is 58.2 Å². The third kappa shape index (κ3) is 4.47. The van der Waals surface area contributed by atoms with E-state index >= 15 is 0 Å². The number of hydrogen-bond donors (Lipinski definition) is 2. The van der Waals surface area contributed by atoms with Crippen molar-refractivity contribution >= 4 is 34.4 Å². The lowest BCUT2D eigenvalue weighted by Gasteiger charge is -2.28. The highest BCUT2D eigenvalue weighted by Crippen LogP contribution is 2.24. The van der Waals surface area contributed by atoms with Crippen LogP contribution in [0.25, 0.3) is 0 Å². The highest BCUT2D eigenvalue weighted by molar-refractivity contribution is 14.1. The molecular weight excluding hydrogens is 367 g/mol. The van der Waals surface area contributed by atoms with Crippen LogP contribution >= 0.6 is 22.6 Å². The Labute approximate surface area is 132 Å². The third-order valence-corrected chi connectivity index (χ3v) is 4.99. The van der Waals surface area contributed by atoms with E-state index in [0.29, 0.717) is 9.49 Å². The number of urea groups is 1. The number of amides is 2. The molecule has 108 valence electrons. The fourth-order valence-corrected chi connectivity index (χ4v) is 3.33. The van der Waals surface area contributed by atoms with Crippen LogP contribution in [0.4, 0.5) is 4.79 Å². The second-order valence-electron chi connectivity index (χ2n) is 5.02. The summed E-state index contributed by atoms with van der Waals surface area (Å²) < 4.78 is 0.483. The van der Waals surface area contributed by atoms with Crippen LogP contribution in [-0.4, -0.2) is 28.3 Å². The molecule has 5 heteroatoms. The Morgan fingerprint density at radius 2 is 1.85 bits per heavy atom. The first kappa shape index (κ1) is 15.3. The molecular formula is C15H19IN2O2. The summed E-state index contributed by atoms with van der Waals surface area (Å²) in [5.41, 5.74) is 0.622. The van der Waals surface area contributed by atoms with Gasteiger partial charge in [0.1, 0.15) is 0 Å². The van der Waals surface area contributed by atoms with Crippen molar-refractivity contribution in [3.05, 3.63) is 35.9 Å². The van der Waals surface area contributed by atoms with Crippen LogP contribution in [0.5, 0.6) is 0 Å². The van der Waals surface area contributed by atoms with E-state index in [2.05, 4.69) is 33.2 Å². The summed E-state index contributed by atoms with van der Waals surface area (Å²) in [6.07, 6.45) is 4.56. The zero-order chi connectivity index (χ0) is 14.4. The van der Waals surface area contributed by atoms with Gasteiger partial charge in [0, 0.05) is 15.5 Å². The number of carbonyl (C=O) groups is 2. The molecule has 0 saturated heterocycles. The zero-order valence-corrected chi connectivity index (χ0v) is 13.4. The smallest absolute Gasteiger partial charge is 0.315 e. The molecule has 1 aromatic rings. The first-order valence-electron chi connectivity index (χ1n) is 6.93. The highest BCUT2D eigenvalue weighted by Gasteiger charge is 2.24. The van der Waals surface area contributed by atoms with Gasteiger partial charge in [-0.2, -0.15) is 0 Å². The first-order chi connectivity index (χ1) is 9.66. The number of hydrogen-bond acceptors (Lipinski definition) is 2. The third-order valence-electron chi connectivity index (χ3n) is 3.50. The number of carbonyl (C=O) groups excluding carboxylic acids is 2. The van der Waals surface area contributed by atoms with Gasteiger partial charge in [-0.05, 0) is 12.8 Å². The van der Waals surface area contributed by atoms with E-state index in [4.69, 9.17) is 0 Å². The van der Waals surface area contributed by atoms with Gasteiger partial charge in [-0.25, -0.2) is 4.79 Å². The lowest BCUT2D eigenvalue weighted by molar-refractivity contribution is 0.0992. The maximum absolute atomic E-state index is 11.9. The van der Waals surface area contributed by atoms with Crippen molar-refractivity contribution in [2.75, 3.05) is 6.54 Å². The maximum Gasteiger partial charge on any atom is 0.315 e. The average molecular weight is 386 g/mol. The molecule has 0 radical (unpaired) electrons. The predicted octanol–water partition coefficient (Wildman–Crippen LogP) is 2.91. The van der Waals surface area contributed by atoms with Crippen molar-refractivity contribution in [1.29, 1.82) is 0 Å². The van der Waals surface area contributed by atoms with Gasteiger partial charge in [0.15, 0.2) is 5.78 Å². The van der Waals surface area contributed by atoms with Gasteiger partial charge >= 0.3 is 6.03 Å². The summed E-state index contributed by atoms with van der Waals surface area (Å²) in [7, 11) is 0. The van der Waals surface area contributed by atoms with Gasteiger partial charge in [-0.15, -0.1) is 0 Å². The van der Waals surface area contributed by atoms with Crippen LogP contribution in [0.1, 0.15) is 36.0 Å². The molecule has 1 saturated carbocycles. The molecule has 0 bridgehead atoms. The molecule has 1 aromatic carbocycles. The Bertz CT molecular complexity index is 464. The van der Waals surface area contributed by atoms with Crippen LogP contribution < -0.4 is 10.6 Å². The number of ketones is 1. The second-order valence-corrected chi connectivity index (χ2v) is 6.62. The van der Waals surface area contributed by atoms with E-state index in [9.17, 15) is 9.59 Å². The lowest BCUT2D eigenvalue weighted by atomic mass is 9.95. The minimum Gasteiger partial charge on any atom is -0.334 e. The molecule has 0 heterocycles. The molecule has 0 aromatic heterocycles. The van der Waals surface area contributed by atoms with E-state index in [0.717, 1.165) is 19.3 Å². The number of nitrogens with one attached hydrogen (secondary N) is 2. The Morgan fingerprint density at radius 3 is 2.55 bits per heavy atom. The van der Waals surface area contributed by atoms with Crippen LogP contribution in [0, 0.1) is 0 Å². The summed E-state index contributed by atoms with van der Waals surface area (Å²) in [6.45, 7) is 0.0362. The molecule has 2 atom stereocenters. The SMILES string of the molecule is O=C(NCC(=O)c1ccccc1)N[C@@H]1CCCC[C@H]1I. The summed E-state index contributed by atoms with van der Waals surface area (Å²) in [5, 5.41) is 5.61. The van der Waals surface area contributed by atoms with E-state index in [1.54, 1.807) is 12.1 Å². The quantitative estimate of drug-likeness (QED) is 0.475. The van der Waals surface area contributed by atoms with Gasteiger partial charge in [-0.1, -0.05) is 65.8 Å². The fourth-order valence-electron chi connectivity index (χ4n) is 2.35. The monoisotopic (exact) mass is 386 g/mol. The van der Waals surface area contributed by atoms with Crippen LogP contribution in [0.15, 0.2) is 30.3 Å². The summed E-state index contributed by atoms with van der Waals surface area (Å²) in [5.74, 6) is -0.0737. The summed E-state index contributed by atoms with van der Waals surface area (Å²) in [6, 6.07) is 8.97. The van der Waals surface area contributed by atoms with Crippen molar-refractivity contribution in [3.63, 3.8) is 0 Å². The van der Waals surface area contributed by atoms with E-state index in [-0.39, 0.29) is 24.4 Å². The van der Waals surface area contributed by atoms with Gasteiger partial charge < -0.3 is 10.6 Å². The van der Waals surface area contributed by atoms with Gasteiger partial charge in [0.2, 0.25) is 0 Å². The Morgan fingerprint density at radius 1 is 1.15 bits per heavy atom. The van der Waals surface area contributed by atoms with Crippen LogP contribution in [-0.2, 0) is 0 Å². The Kier molecular flexibility index (Phi) is 5.82. The van der Waals surface area contributed by atoms with Crippen molar-refractivity contribution in [3.8, 4) is 0 Å². The first-order valence-corrected chi connectivity index (χ1v) is 8.18. The molecule has 20 heavy (non-hydrogen) atoms. The minimum atomic E-state index is -0.247. The number of Topliss-reactive ketones (excluding diaryl/α,β-unsaturated/α-hetero) is 1. The molecule has 1 aliphatic carbocycles. The fraction of sp³-hybridized carbons (Fsp3) is 0.467. The number of benzene rings is 1. The highest BCUT2D eigenvalue weighted by atomic mass is 127. The summed E-state index contributed by atoms with van der Waals surface area (Å²) >= 11 is 2.39. The van der Waals surface area contributed by atoms with Crippen LogP contribution in [0.2, 0.25) is 0 Å². The lowest BCUT2D eigenvalue weighted by Crippen LogP contribution is -2.48. The number of halogens is 1. The van der Waals surface area contributed by atoms with Crippen molar-refractivity contribution in [2.45, 2.75) is 35.6 Å². The summed E-state index contributed by atoms with van der Waals surface area (Å²) in [4.78, 5) is 23.7. The number of alkyl halides is 1. The average Bonchev–Trinajstić information content (AvgIpc) is 2.48. The van der Waals surface area contributed by atoms with E-state index in [1.807, 2.05) is 18.2 Å². The standard InChI is InChI=1S/C15H19IN2O2/c16-12-8-4-5-9-13(12)18-15(20)17-10-14(19)11-6-2-1-3-7-11/h1-3,6-7,12-13H,4-5,8-10H2,(H2,17,18,20)/t12-,13-/m1/s1. The second kappa shape index (κ2) is 7.61. The van der Waals surface area contributed by atoms with Gasteiger partial charge in [0.05, 0.1) is 6.54 Å². The molecule has 4 nitrogen and oxygen atoms in total. The van der Waals surface area contributed by atoms with Crippen molar-refractivity contribution < 1.29 is 9.59 Å². The molecule has 2 N–H and O–H groups in total.